The van der Waals surface area contributed by atoms with E-state index in [1.54, 1.807) is 7.11 Å². The van der Waals surface area contributed by atoms with Gasteiger partial charge in [-0.1, -0.05) is 13.0 Å². The fourth-order valence-electron chi connectivity index (χ4n) is 1.54. The minimum atomic E-state index is 0.0308. The SMILES string of the molecule is CCC(C)OCc1cc(C(C)N)ccc1OC. The van der Waals surface area contributed by atoms with Gasteiger partial charge in [0.1, 0.15) is 5.75 Å². The van der Waals surface area contributed by atoms with Crippen LogP contribution in [-0.2, 0) is 11.3 Å². The molecule has 0 spiro atoms. The monoisotopic (exact) mass is 237 g/mol. The zero-order chi connectivity index (χ0) is 12.8. The molecule has 0 heterocycles. The first kappa shape index (κ1) is 14.0. The van der Waals surface area contributed by atoms with Gasteiger partial charge in [-0.25, -0.2) is 0 Å². The van der Waals surface area contributed by atoms with Crippen LogP contribution in [0.4, 0.5) is 0 Å². The molecule has 0 aliphatic heterocycles. The molecule has 0 amide bonds. The van der Waals surface area contributed by atoms with Crippen LogP contribution in [0.5, 0.6) is 5.75 Å². The first-order chi connectivity index (χ1) is 8.08. The third kappa shape index (κ3) is 4.02. The summed E-state index contributed by atoms with van der Waals surface area (Å²) in [6.45, 7) is 6.72. The van der Waals surface area contributed by atoms with Crippen LogP contribution >= 0.6 is 0 Å². The van der Waals surface area contributed by atoms with Gasteiger partial charge < -0.3 is 15.2 Å². The van der Waals surface area contributed by atoms with Gasteiger partial charge in [-0.3, -0.25) is 0 Å². The molecule has 0 saturated carbocycles. The topological polar surface area (TPSA) is 44.5 Å². The Bertz CT molecular complexity index is 350. The second-order valence-corrected chi connectivity index (χ2v) is 4.39. The molecule has 1 aromatic rings. The Kier molecular flexibility index (Phi) is 5.45. The Morgan fingerprint density at radius 3 is 2.53 bits per heavy atom. The van der Waals surface area contributed by atoms with Crippen LogP contribution in [0.2, 0.25) is 0 Å². The second kappa shape index (κ2) is 6.62. The molecule has 0 aromatic heterocycles. The third-order valence-corrected chi connectivity index (χ3v) is 2.93. The van der Waals surface area contributed by atoms with Crippen molar-refractivity contribution in [3.05, 3.63) is 29.3 Å². The number of benzene rings is 1. The zero-order valence-electron chi connectivity index (χ0n) is 11.2. The van der Waals surface area contributed by atoms with Crippen molar-refractivity contribution in [1.82, 2.24) is 0 Å². The summed E-state index contributed by atoms with van der Waals surface area (Å²) in [5.74, 6) is 0.859. The van der Waals surface area contributed by atoms with Crippen LogP contribution < -0.4 is 10.5 Å². The van der Waals surface area contributed by atoms with E-state index in [0.29, 0.717) is 6.61 Å². The lowest BCUT2D eigenvalue weighted by Gasteiger charge is -2.15. The average molecular weight is 237 g/mol. The van der Waals surface area contributed by atoms with Gasteiger partial charge >= 0.3 is 0 Å². The summed E-state index contributed by atoms with van der Waals surface area (Å²) in [5.41, 5.74) is 8.04. The molecule has 0 aliphatic carbocycles. The van der Waals surface area contributed by atoms with Gasteiger partial charge in [-0.05, 0) is 38.0 Å². The number of nitrogens with two attached hydrogens (primary N) is 1. The molecular formula is C14H23NO2. The van der Waals surface area contributed by atoms with E-state index in [1.165, 1.54) is 0 Å². The highest BCUT2D eigenvalue weighted by Crippen LogP contribution is 2.23. The van der Waals surface area contributed by atoms with Gasteiger partial charge in [0.05, 0.1) is 19.8 Å². The maximum Gasteiger partial charge on any atom is 0.124 e. The Morgan fingerprint density at radius 2 is 2.00 bits per heavy atom. The normalized spacial score (nSPS) is 14.4. The summed E-state index contributed by atoms with van der Waals surface area (Å²) in [5, 5.41) is 0. The Balaban J connectivity index is 2.82. The maximum atomic E-state index is 5.87. The van der Waals surface area contributed by atoms with E-state index in [-0.39, 0.29) is 12.1 Å². The van der Waals surface area contributed by atoms with E-state index in [0.717, 1.165) is 23.3 Å². The number of hydrogen-bond donors (Lipinski definition) is 1. The van der Waals surface area contributed by atoms with Crippen molar-refractivity contribution in [3.8, 4) is 5.75 Å². The first-order valence-corrected chi connectivity index (χ1v) is 6.12. The summed E-state index contributed by atoms with van der Waals surface area (Å²) in [6, 6.07) is 6.04. The van der Waals surface area contributed by atoms with E-state index in [4.69, 9.17) is 15.2 Å². The molecule has 3 heteroatoms. The maximum absolute atomic E-state index is 5.87. The van der Waals surface area contributed by atoms with Gasteiger partial charge in [-0.15, -0.1) is 0 Å². The average Bonchev–Trinajstić information content (AvgIpc) is 2.35. The molecule has 0 aliphatic rings. The summed E-state index contributed by atoms with van der Waals surface area (Å²) in [6.07, 6.45) is 1.27. The highest BCUT2D eigenvalue weighted by molar-refractivity contribution is 5.37. The number of methoxy groups -OCH3 is 1. The minimum absolute atomic E-state index is 0.0308. The summed E-state index contributed by atoms with van der Waals surface area (Å²) in [4.78, 5) is 0. The van der Waals surface area contributed by atoms with Crippen LogP contribution in [0, 0.1) is 0 Å². The molecule has 3 nitrogen and oxygen atoms in total. The Morgan fingerprint density at radius 1 is 1.29 bits per heavy atom. The smallest absolute Gasteiger partial charge is 0.124 e. The van der Waals surface area contributed by atoms with Gasteiger partial charge in [-0.2, -0.15) is 0 Å². The fraction of sp³-hybridized carbons (Fsp3) is 0.571. The number of ether oxygens (including phenoxy) is 2. The Hall–Kier alpha value is -1.06. The summed E-state index contributed by atoms with van der Waals surface area (Å²) in [7, 11) is 1.67. The predicted molar refractivity (Wildman–Crippen MR) is 70.1 cm³/mol. The van der Waals surface area contributed by atoms with E-state index in [1.807, 2.05) is 19.1 Å². The van der Waals surface area contributed by atoms with Crippen molar-refractivity contribution in [3.63, 3.8) is 0 Å². The van der Waals surface area contributed by atoms with E-state index in [2.05, 4.69) is 19.9 Å². The third-order valence-electron chi connectivity index (χ3n) is 2.93. The number of hydrogen-bond acceptors (Lipinski definition) is 3. The van der Waals surface area contributed by atoms with Gasteiger partial charge in [0, 0.05) is 11.6 Å². The van der Waals surface area contributed by atoms with Crippen molar-refractivity contribution < 1.29 is 9.47 Å². The first-order valence-electron chi connectivity index (χ1n) is 6.12. The van der Waals surface area contributed by atoms with Crippen molar-refractivity contribution >= 4 is 0 Å². The van der Waals surface area contributed by atoms with Crippen LogP contribution in [0.1, 0.15) is 44.4 Å². The van der Waals surface area contributed by atoms with Crippen molar-refractivity contribution in [2.75, 3.05) is 7.11 Å². The van der Waals surface area contributed by atoms with Gasteiger partial charge in [0.2, 0.25) is 0 Å². The molecule has 0 bridgehead atoms. The van der Waals surface area contributed by atoms with Crippen molar-refractivity contribution in [1.29, 1.82) is 0 Å². The van der Waals surface area contributed by atoms with Crippen molar-refractivity contribution in [2.24, 2.45) is 5.73 Å². The molecule has 1 aromatic carbocycles. The summed E-state index contributed by atoms with van der Waals surface area (Å²) < 4.78 is 11.1. The molecule has 0 radical (unpaired) electrons. The molecule has 17 heavy (non-hydrogen) atoms. The van der Waals surface area contributed by atoms with Crippen molar-refractivity contribution in [2.45, 2.75) is 45.9 Å². The second-order valence-electron chi connectivity index (χ2n) is 4.39. The lowest BCUT2D eigenvalue weighted by atomic mass is 10.1. The van der Waals surface area contributed by atoms with Crippen LogP contribution in [0.25, 0.3) is 0 Å². The zero-order valence-corrected chi connectivity index (χ0v) is 11.2. The van der Waals surface area contributed by atoms with Gasteiger partial charge in [0.15, 0.2) is 0 Å². The standard InChI is InChI=1S/C14H23NO2/c1-5-10(2)17-9-13-8-12(11(3)15)6-7-14(13)16-4/h6-8,10-11H,5,9,15H2,1-4H3. The molecule has 1 rings (SSSR count). The highest BCUT2D eigenvalue weighted by Gasteiger charge is 2.08. The molecule has 0 saturated heterocycles. The molecule has 0 fully saturated rings. The van der Waals surface area contributed by atoms with E-state index < -0.39 is 0 Å². The number of rotatable bonds is 6. The molecule has 2 unspecified atom stereocenters. The quantitative estimate of drug-likeness (QED) is 0.827. The molecule has 2 N–H and O–H groups in total. The molecule has 2 atom stereocenters. The Labute approximate surface area is 104 Å². The summed E-state index contributed by atoms with van der Waals surface area (Å²) >= 11 is 0. The van der Waals surface area contributed by atoms with E-state index >= 15 is 0 Å². The predicted octanol–water partition coefficient (Wildman–Crippen LogP) is 3.03. The van der Waals surface area contributed by atoms with Crippen LogP contribution in [0.15, 0.2) is 18.2 Å². The molecular weight excluding hydrogens is 214 g/mol. The minimum Gasteiger partial charge on any atom is -0.496 e. The lowest BCUT2D eigenvalue weighted by molar-refractivity contribution is 0.0497. The largest absolute Gasteiger partial charge is 0.496 e. The molecule has 96 valence electrons. The fourth-order valence-corrected chi connectivity index (χ4v) is 1.54. The lowest BCUT2D eigenvalue weighted by Crippen LogP contribution is -2.09. The highest BCUT2D eigenvalue weighted by atomic mass is 16.5. The van der Waals surface area contributed by atoms with Crippen LogP contribution in [-0.4, -0.2) is 13.2 Å². The van der Waals surface area contributed by atoms with E-state index in [9.17, 15) is 0 Å². The van der Waals surface area contributed by atoms with Crippen LogP contribution in [0.3, 0.4) is 0 Å². The van der Waals surface area contributed by atoms with Gasteiger partial charge in [0.25, 0.3) is 0 Å².